The Bertz CT molecular complexity index is 535. The van der Waals surface area contributed by atoms with Gasteiger partial charge in [-0.25, -0.2) is 0 Å². The highest BCUT2D eigenvalue weighted by atomic mass is 79.9. The van der Waals surface area contributed by atoms with E-state index in [4.69, 9.17) is 34.8 Å². The van der Waals surface area contributed by atoms with Gasteiger partial charge in [0, 0.05) is 9.50 Å². The molecule has 0 spiro atoms. The molecule has 2 aromatic rings. The molecule has 0 aromatic heterocycles. The number of rotatable bonds is 2. The van der Waals surface area contributed by atoms with E-state index in [1.165, 1.54) is 0 Å². The van der Waals surface area contributed by atoms with Gasteiger partial charge in [0.1, 0.15) is 0 Å². The molecule has 2 rings (SSSR count). The van der Waals surface area contributed by atoms with E-state index in [2.05, 4.69) is 15.9 Å². The van der Waals surface area contributed by atoms with Gasteiger partial charge in [-0.05, 0) is 41.8 Å². The van der Waals surface area contributed by atoms with Crippen molar-refractivity contribution in [3.8, 4) is 0 Å². The molecule has 0 aliphatic heterocycles. The second-order valence-electron chi connectivity index (χ2n) is 3.66. The first-order chi connectivity index (χ1) is 8.06. The number of benzene rings is 2. The van der Waals surface area contributed by atoms with Crippen LogP contribution in [-0.4, -0.2) is 0 Å². The van der Waals surface area contributed by atoms with Crippen molar-refractivity contribution in [2.24, 2.45) is 0 Å². The molecule has 0 nitrogen and oxygen atoms in total. The minimum atomic E-state index is 0.492. The molecule has 0 radical (unpaired) electrons. The lowest BCUT2D eigenvalue weighted by Gasteiger charge is -2.07. The molecule has 0 fully saturated rings. The van der Waals surface area contributed by atoms with Gasteiger partial charge in [-0.3, -0.25) is 0 Å². The van der Waals surface area contributed by atoms with Crippen molar-refractivity contribution in [1.29, 1.82) is 0 Å². The number of hydrogen-bond acceptors (Lipinski definition) is 0. The van der Waals surface area contributed by atoms with E-state index in [1.807, 2.05) is 30.3 Å². The molecule has 2 aromatic carbocycles. The zero-order chi connectivity index (χ0) is 12.4. The zero-order valence-corrected chi connectivity index (χ0v) is 12.5. The van der Waals surface area contributed by atoms with Crippen molar-refractivity contribution < 1.29 is 0 Å². The largest absolute Gasteiger partial charge is 0.0843 e. The molecule has 0 bridgehead atoms. The topological polar surface area (TPSA) is 0 Å². The lowest BCUT2D eigenvalue weighted by Crippen LogP contribution is -1.90. The third-order valence-corrected chi connectivity index (χ3v) is 3.96. The number of hydrogen-bond donors (Lipinski definition) is 0. The molecule has 17 heavy (non-hydrogen) atoms. The quantitative estimate of drug-likeness (QED) is 0.583. The molecule has 0 N–H and O–H groups in total. The van der Waals surface area contributed by atoms with Gasteiger partial charge in [0.05, 0.1) is 10.0 Å². The number of halogens is 4. The highest BCUT2D eigenvalue weighted by Crippen LogP contribution is 2.31. The monoisotopic (exact) mass is 348 g/mol. The van der Waals surface area contributed by atoms with Gasteiger partial charge < -0.3 is 0 Å². The van der Waals surface area contributed by atoms with Gasteiger partial charge in [0.15, 0.2) is 0 Å². The third-order valence-electron chi connectivity index (χ3n) is 2.38. The summed E-state index contributed by atoms with van der Waals surface area (Å²) in [5.41, 5.74) is 2.10. The van der Waals surface area contributed by atoms with Crippen molar-refractivity contribution >= 4 is 50.7 Å². The van der Waals surface area contributed by atoms with Crippen LogP contribution in [0.5, 0.6) is 0 Å². The maximum atomic E-state index is 6.15. The van der Waals surface area contributed by atoms with Crippen LogP contribution in [0.15, 0.2) is 40.9 Å². The van der Waals surface area contributed by atoms with E-state index in [-0.39, 0.29) is 0 Å². The average Bonchev–Trinajstić information content (AvgIpc) is 2.28. The molecule has 0 saturated carbocycles. The van der Waals surface area contributed by atoms with E-state index in [9.17, 15) is 0 Å². The Morgan fingerprint density at radius 3 is 2.24 bits per heavy atom. The van der Waals surface area contributed by atoms with Crippen molar-refractivity contribution in [3.05, 3.63) is 67.1 Å². The standard InChI is InChI=1S/C13H8BrCl3/c14-10-3-1-8(2-4-10)5-9-6-11(15)7-12(16)13(9)17/h1-4,6-7H,5H2. The van der Waals surface area contributed by atoms with Gasteiger partial charge in [-0.15, -0.1) is 0 Å². The van der Waals surface area contributed by atoms with Gasteiger partial charge >= 0.3 is 0 Å². The summed E-state index contributed by atoms with van der Waals surface area (Å²) in [6.45, 7) is 0. The summed E-state index contributed by atoms with van der Waals surface area (Å²) in [6, 6.07) is 11.6. The van der Waals surface area contributed by atoms with Crippen LogP contribution in [0.1, 0.15) is 11.1 Å². The van der Waals surface area contributed by atoms with E-state index < -0.39 is 0 Å². The SMILES string of the molecule is Clc1cc(Cl)c(Cl)c(Cc2ccc(Br)cc2)c1. The highest BCUT2D eigenvalue weighted by Gasteiger charge is 2.07. The Morgan fingerprint density at radius 1 is 0.941 bits per heavy atom. The van der Waals surface area contributed by atoms with Crippen LogP contribution in [0.25, 0.3) is 0 Å². The molecule has 0 aliphatic carbocycles. The first-order valence-electron chi connectivity index (χ1n) is 4.94. The maximum absolute atomic E-state index is 6.15. The third kappa shape index (κ3) is 3.38. The van der Waals surface area contributed by atoms with Crippen molar-refractivity contribution in [2.75, 3.05) is 0 Å². The summed E-state index contributed by atoms with van der Waals surface area (Å²) in [5, 5.41) is 1.66. The predicted octanol–water partition coefficient (Wildman–Crippen LogP) is 6.00. The minimum Gasteiger partial charge on any atom is -0.0843 e. The first kappa shape index (κ1) is 13.2. The Balaban J connectivity index is 2.32. The summed E-state index contributed by atoms with van der Waals surface area (Å²) in [7, 11) is 0. The Hall–Kier alpha value is -0.210. The van der Waals surface area contributed by atoms with Gasteiger partial charge in [-0.2, -0.15) is 0 Å². The highest BCUT2D eigenvalue weighted by molar-refractivity contribution is 9.10. The fraction of sp³-hybridized carbons (Fsp3) is 0.0769. The predicted molar refractivity (Wildman–Crippen MR) is 78.4 cm³/mol. The van der Waals surface area contributed by atoms with Crippen molar-refractivity contribution in [2.45, 2.75) is 6.42 Å². The Morgan fingerprint density at radius 2 is 1.59 bits per heavy atom. The van der Waals surface area contributed by atoms with Crippen LogP contribution in [0.2, 0.25) is 15.1 Å². The lowest BCUT2D eigenvalue weighted by molar-refractivity contribution is 1.19. The average molecular weight is 350 g/mol. The fourth-order valence-electron chi connectivity index (χ4n) is 1.56. The molecule has 0 amide bonds. The van der Waals surface area contributed by atoms with Crippen LogP contribution in [0.3, 0.4) is 0 Å². The van der Waals surface area contributed by atoms with Crippen molar-refractivity contribution in [1.82, 2.24) is 0 Å². The van der Waals surface area contributed by atoms with Gasteiger partial charge in [0.25, 0.3) is 0 Å². The molecule has 0 saturated heterocycles. The van der Waals surface area contributed by atoms with E-state index >= 15 is 0 Å². The van der Waals surface area contributed by atoms with Gasteiger partial charge in [-0.1, -0.05) is 62.9 Å². The van der Waals surface area contributed by atoms with Crippen LogP contribution in [-0.2, 0) is 6.42 Å². The lowest BCUT2D eigenvalue weighted by atomic mass is 10.1. The van der Waals surface area contributed by atoms with Crippen LogP contribution in [0, 0.1) is 0 Å². The summed E-state index contributed by atoms with van der Waals surface area (Å²) < 4.78 is 1.05. The fourth-order valence-corrected chi connectivity index (χ4v) is 2.54. The molecule has 0 heterocycles. The summed E-state index contributed by atoms with van der Waals surface area (Å²) in [4.78, 5) is 0. The molecular formula is C13H8BrCl3. The van der Waals surface area contributed by atoms with Crippen molar-refractivity contribution in [3.63, 3.8) is 0 Å². The second kappa shape index (κ2) is 5.62. The Labute approximate surface area is 124 Å². The summed E-state index contributed by atoms with van der Waals surface area (Å²) >= 11 is 21.5. The molecule has 4 heteroatoms. The van der Waals surface area contributed by atoms with Gasteiger partial charge in [0.2, 0.25) is 0 Å². The summed E-state index contributed by atoms with van der Waals surface area (Å²) in [5.74, 6) is 0. The molecule has 88 valence electrons. The normalized spacial score (nSPS) is 10.6. The van der Waals surface area contributed by atoms with Crippen LogP contribution < -0.4 is 0 Å². The van der Waals surface area contributed by atoms with Crippen LogP contribution in [0.4, 0.5) is 0 Å². The molecule has 0 unspecified atom stereocenters. The molecular weight excluding hydrogens is 342 g/mol. The summed E-state index contributed by atoms with van der Waals surface area (Å²) in [6.07, 6.45) is 0.715. The minimum absolute atomic E-state index is 0.492. The first-order valence-corrected chi connectivity index (χ1v) is 6.87. The maximum Gasteiger partial charge on any atom is 0.0628 e. The zero-order valence-electron chi connectivity index (χ0n) is 8.68. The smallest absolute Gasteiger partial charge is 0.0628 e. The molecule has 0 atom stereocenters. The molecule has 0 aliphatic rings. The second-order valence-corrected chi connectivity index (χ2v) is 5.80. The van der Waals surface area contributed by atoms with E-state index in [0.29, 0.717) is 21.5 Å². The van der Waals surface area contributed by atoms with E-state index in [0.717, 1.165) is 15.6 Å². The Kier molecular flexibility index (Phi) is 4.37. The van der Waals surface area contributed by atoms with Crippen LogP contribution >= 0.6 is 50.7 Å². The van der Waals surface area contributed by atoms with E-state index in [1.54, 1.807) is 6.07 Å².